The van der Waals surface area contributed by atoms with Gasteiger partial charge in [-0.25, -0.2) is 9.89 Å². The van der Waals surface area contributed by atoms with Crippen molar-refractivity contribution in [3.05, 3.63) is 35.4 Å². The van der Waals surface area contributed by atoms with E-state index in [9.17, 15) is 9.59 Å². The zero-order valence-corrected chi connectivity index (χ0v) is 12.4. The lowest BCUT2D eigenvalue weighted by atomic mass is 10.1. The number of hydrogen-bond acceptors (Lipinski definition) is 5. The molecule has 1 aromatic carbocycles. The number of benzene rings is 1. The van der Waals surface area contributed by atoms with Crippen LogP contribution in [0, 0.1) is 0 Å². The maximum atomic E-state index is 12.4. The van der Waals surface area contributed by atoms with Gasteiger partial charge in [0.15, 0.2) is 11.0 Å². The third kappa shape index (κ3) is 2.18. The Kier molecular flexibility index (Phi) is 3.67. The van der Waals surface area contributed by atoms with Gasteiger partial charge in [0.25, 0.3) is 11.8 Å². The average molecular weight is 339 g/mol. The van der Waals surface area contributed by atoms with Crippen molar-refractivity contribution in [2.75, 3.05) is 0 Å². The number of amidine groups is 1. The molecule has 1 unspecified atom stereocenters. The molecule has 9 heteroatoms. The molecule has 2 heterocycles. The monoisotopic (exact) mass is 338 g/mol. The van der Waals surface area contributed by atoms with Gasteiger partial charge in [-0.1, -0.05) is 40.5 Å². The number of aliphatic imine (C=N–C) groups is 2. The number of amides is 2. The first-order valence-corrected chi connectivity index (χ1v) is 7.00. The Morgan fingerprint density at radius 1 is 1.18 bits per heavy atom. The summed E-state index contributed by atoms with van der Waals surface area (Å²) in [4.78, 5) is 32.6. The first-order chi connectivity index (χ1) is 10.5. The fourth-order valence-electron chi connectivity index (χ4n) is 2.22. The van der Waals surface area contributed by atoms with Crippen LogP contribution in [0.1, 0.15) is 20.7 Å². The molecule has 0 saturated heterocycles. The molecule has 2 amide bonds. The summed E-state index contributed by atoms with van der Waals surface area (Å²) in [6.07, 6.45) is 0.0846. The second-order valence-electron chi connectivity index (χ2n) is 4.47. The molecule has 22 heavy (non-hydrogen) atoms. The van der Waals surface area contributed by atoms with Gasteiger partial charge in [0.1, 0.15) is 0 Å². The van der Waals surface area contributed by atoms with E-state index in [2.05, 4.69) is 15.1 Å². The van der Waals surface area contributed by atoms with Crippen molar-refractivity contribution in [3.8, 4) is 0 Å². The zero-order chi connectivity index (χ0) is 15.9. The number of fused-ring (bicyclic) bond motifs is 1. The second-order valence-corrected chi connectivity index (χ2v) is 5.57. The Morgan fingerprint density at radius 3 is 2.27 bits per heavy atom. The quantitative estimate of drug-likeness (QED) is 0.385. The molecule has 1 aromatic rings. The highest BCUT2D eigenvalue weighted by atomic mass is 35.5. The van der Waals surface area contributed by atoms with Crippen molar-refractivity contribution in [2.45, 2.75) is 11.0 Å². The van der Waals surface area contributed by atoms with Gasteiger partial charge in [0.05, 0.1) is 16.8 Å². The third-order valence-corrected chi connectivity index (χ3v) is 3.67. The SMILES string of the molecule is O=C1c2ccccc2C(=O)N1C1N=CC(C(Cl)Cl)=NC1=NO. The zero-order valence-electron chi connectivity index (χ0n) is 10.8. The van der Waals surface area contributed by atoms with Crippen LogP contribution in [0.25, 0.3) is 0 Å². The van der Waals surface area contributed by atoms with Crippen LogP contribution < -0.4 is 0 Å². The summed E-state index contributed by atoms with van der Waals surface area (Å²) in [5.41, 5.74) is 0.689. The highest BCUT2D eigenvalue weighted by Gasteiger charge is 2.43. The van der Waals surface area contributed by atoms with E-state index in [1.54, 1.807) is 24.3 Å². The molecule has 7 nitrogen and oxygen atoms in total. The molecular formula is C13H8Cl2N4O3. The lowest BCUT2D eigenvalue weighted by Gasteiger charge is -2.24. The Balaban J connectivity index is 1.99. The number of alkyl halides is 2. The molecule has 3 rings (SSSR count). The van der Waals surface area contributed by atoms with Gasteiger partial charge in [0, 0.05) is 6.21 Å². The summed E-state index contributed by atoms with van der Waals surface area (Å²) >= 11 is 11.4. The normalized spacial score (nSPS) is 22.5. The van der Waals surface area contributed by atoms with E-state index in [1.165, 1.54) is 6.21 Å². The number of carbonyl (C=O) groups excluding carboxylic acids is 2. The fraction of sp³-hybridized carbons (Fsp3) is 0.154. The van der Waals surface area contributed by atoms with Crippen LogP contribution in [-0.2, 0) is 0 Å². The first-order valence-electron chi connectivity index (χ1n) is 6.13. The number of imide groups is 1. The van der Waals surface area contributed by atoms with Gasteiger partial charge in [-0.05, 0) is 12.1 Å². The van der Waals surface area contributed by atoms with E-state index < -0.39 is 22.8 Å². The summed E-state index contributed by atoms with van der Waals surface area (Å²) in [6, 6.07) is 6.39. The van der Waals surface area contributed by atoms with Crippen LogP contribution in [0.2, 0.25) is 0 Å². The molecule has 0 fully saturated rings. The average Bonchev–Trinajstić information content (AvgIpc) is 2.78. The smallest absolute Gasteiger partial charge is 0.263 e. The summed E-state index contributed by atoms with van der Waals surface area (Å²) < 4.78 is 0. The molecule has 2 aliphatic rings. The van der Waals surface area contributed by atoms with Crippen LogP contribution in [0.3, 0.4) is 0 Å². The number of rotatable bonds is 2. The van der Waals surface area contributed by atoms with E-state index in [4.69, 9.17) is 28.4 Å². The molecule has 1 atom stereocenters. The Bertz CT molecular complexity index is 722. The van der Waals surface area contributed by atoms with Crippen molar-refractivity contribution in [1.82, 2.24) is 4.90 Å². The minimum Gasteiger partial charge on any atom is -0.409 e. The number of nitrogens with zero attached hydrogens (tertiary/aromatic N) is 4. The highest BCUT2D eigenvalue weighted by molar-refractivity contribution is 6.63. The van der Waals surface area contributed by atoms with E-state index in [-0.39, 0.29) is 22.7 Å². The number of oxime groups is 1. The molecule has 0 aromatic heterocycles. The van der Waals surface area contributed by atoms with Crippen LogP contribution in [0.15, 0.2) is 39.4 Å². The predicted octanol–water partition coefficient (Wildman–Crippen LogP) is 1.73. The van der Waals surface area contributed by atoms with Gasteiger partial charge in [-0.2, -0.15) is 0 Å². The van der Waals surface area contributed by atoms with Crippen molar-refractivity contribution in [3.63, 3.8) is 0 Å². The van der Waals surface area contributed by atoms with Gasteiger partial charge in [0.2, 0.25) is 5.84 Å². The highest BCUT2D eigenvalue weighted by Crippen LogP contribution is 2.26. The maximum absolute atomic E-state index is 12.4. The number of hydrogen-bond donors (Lipinski definition) is 1. The molecule has 0 radical (unpaired) electrons. The molecule has 1 N–H and O–H groups in total. The molecule has 0 bridgehead atoms. The largest absolute Gasteiger partial charge is 0.409 e. The van der Waals surface area contributed by atoms with Gasteiger partial charge >= 0.3 is 0 Å². The molecule has 2 aliphatic heterocycles. The van der Waals surface area contributed by atoms with Crippen LogP contribution in [-0.4, -0.2) is 50.7 Å². The van der Waals surface area contributed by atoms with Crippen LogP contribution in [0.4, 0.5) is 0 Å². The van der Waals surface area contributed by atoms with Gasteiger partial charge < -0.3 is 5.21 Å². The van der Waals surface area contributed by atoms with E-state index in [1.807, 2.05) is 0 Å². The molecule has 112 valence electrons. The Labute approximate surface area is 134 Å². The fourth-order valence-corrected chi connectivity index (χ4v) is 2.43. The minimum atomic E-state index is -1.16. The van der Waals surface area contributed by atoms with Crippen molar-refractivity contribution in [2.24, 2.45) is 15.1 Å². The van der Waals surface area contributed by atoms with Crippen molar-refractivity contribution < 1.29 is 14.8 Å². The lowest BCUT2D eigenvalue weighted by Crippen LogP contribution is -2.45. The van der Waals surface area contributed by atoms with Crippen LogP contribution in [0.5, 0.6) is 0 Å². The topological polar surface area (TPSA) is 94.7 Å². The Hall–Kier alpha value is -2.25. The maximum Gasteiger partial charge on any atom is 0.263 e. The summed E-state index contributed by atoms with van der Waals surface area (Å²) in [5.74, 6) is -1.30. The molecule has 0 spiro atoms. The molecule has 0 saturated carbocycles. The summed E-state index contributed by atoms with van der Waals surface area (Å²) in [6.45, 7) is 0. The number of halogens is 2. The van der Waals surface area contributed by atoms with Gasteiger partial charge in [-0.3, -0.25) is 14.6 Å². The van der Waals surface area contributed by atoms with Crippen molar-refractivity contribution >= 4 is 52.8 Å². The molecular weight excluding hydrogens is 331 g/mol. The lowest BCUT2D eigenvalue weighted by molar-refractivity contribution is 0.0628. The number of carbonyl (C=O) groups is 2. The van der Waals surface area contributed by atoms with Crippen molar-refractivity contribution in [1.29, 1.82) is 0 Å². The standard InChI is InChI=1S/C13H8Cl2N4O3/c14-9(15)8-5-16-11(10(17-8)18-22)19-12(20)6-3-1-2-4-7(6)13(19)21/h1-5,9,11,22H. The van der Waals surface area contributed by atoms with Crippen LogP contribution >= 0.6 is 23.2 Å². The molecule has 0 aliphatic carbocycles. The first kappa shape index (κ1) is 14.7. The van der Waals surface area contributed by atoms with Gasteiger partial charge in [-0.15, -0.1) is 0 Å². The predicted molar refractivity (Wildman–Crippen MR) is 81.4 cm³/mol. The van der Waals surface area contributed by atoms with E-state index >= 15 is 0 Å². The minimum absolute atomic E-state index is 0.156. The van der Waals surface area contributed by atoms with E-state index in [0.717, 1.165) is 4.90 Å². The third-order valence-electron chi connectivity index (χ3n) is 3.22. The van der Waals surface area contributed by atoms with E-state index in [0.29, 0.717) is 0 Å². The second kappa shape index (κ2) is 5.51. The summed E-state index contributed by atoms with van der Waals surface area (Å²) in [7, 11) is 0. The summed E-state index contributed by atoms with van der Waals surface area (Å²) in [5, 5.41) is 12.1. The Morgan fingerprint density at radius 2 is 1.77 bits per heavy atom.